The average Bonchev–Trinajstić information content (AvgIpc) is 3.34. The maximum absolute atomic E-state index is 12.9. The number of furan rings is 1. The van der Waals surface area contributed by atoms with Crippen LogP contribution in [0.1, 0.15) is 36.7 Å². The number of sulfonamides is 1. The number of hydrogen-bond donors (Lipinski definition) is 2. The first-order chi connectivity index (χ1) is 15.7. The van der Waals surface area contributed by atoms with Crippen molar-refractivity contribution in [2.45, 2.75) is 37.2 Å². The predicted molar refractivity (Wildman–Crippen MR) is 119 cm³/mol. The lowest BCUT2D eigenvalue weighted by Gasteiger charge is -2.26. The van der Waals surface area contributed by atoms with Crippen LogP contribution in [-0.4, -0.2) is 56.2 Å². The zero-order valence-electron chi connectivity index (χ0n) is 17.9. The van der Waals surface area contributed by atoms with Crippen LogP contribution in [0.3, 0.4) is 0 Å². The second-order valence-corrected chi connectivity index (χ2v) is 9.73. The van der Waals surface area contributed by atoms with E-state index in [0.717, 1.165) is 19.3 Å². The van der Waals surface area contributed by atoms with Crippen molar-refractivity contribution in [3.8, 4) is 0 Å². The third-order valence-corrected chi connectivity index (χ3v) is 7.19. The lowest BCUT2D eigenvalue weighted by atomic mass is 10.2. The number of nitrogens with zero attached hydrogens (tertiary/aromatic N) is 1. The predicted octanol–water partition coefficient (Wildman–Crippen LogP) is 2.41. The fraction of sp³-hybridized carbons (Fsp3) is 0.381. The van der Waals surface area contributed by atoms with Gasteiger partial charge in [-0.1, -0.05) is 18.0 Å². The van der Waals surface area contributed by atoms with Crippen LogP contribution < -0.4 is 10.6 Å². The lowest BCUT2D eigenvalue weighted by molar-refractivity contribution is -0.152. The molecule has 1 atom stereocenters. The fourth-order valence-corrected chi connectivity index (χ4v) is 4.90. The van der Waals surface area contributed by atoms with Gasteiger partial charge in [-0.3, -0.25) is 14.4 Å². The van der Waals surface area contributed by atoms with Crippen molar-refractivity contribution < 1.29 is 32.0 Å². The Morgan fingerprint density at radius 3 is 2.58 bits per heavy atom. The molecular weight excluding hydrogens is 474 g/mol. The van der Waals surface area contributed by atoms with Gasteiger partial charge in [0.05, 0.1) is 21.9 Å². The van der Waals surface area contributed by atoms with Crippen LogP contribution in [0.25, 0.3) is 0 Å². The molecule has 3 rings (SSSR count). The Bertz CT molecular complexity index is 1110. The molecule has 1 aliphatic rings. The molecule has 0 spiro atoms. The summed E-state index contributed by atoms with van der Waals surface area (Å²) in [7, 11) is -3.72. The van der Waals surface area contributed by atoms with Gasteiger partial charge in [-0.05, 0) is 50.1 Å². The van der Waals surface area contributed by atoms with Crippen LogP contribution in [0.2, 0.25) is 5.02 Å². The summed E-state index contributed by atoms with van der Waals surface area (Å²) in [5.74, 6) is -2.13. The number of benzene rings is 1. The van der Waals surface area contributed by atoms with E-state index < -0.39 is 40.5 Å². The second-order valence-electron chi connectivity index (χ2n) is 7.39. The molecule has 1 saturated heterocycles. The normalized spacial score (nSPS) is 15.5. The minimum absolute atomic E-state index is 0.00869. The number of esters is 1. The van der Waals surface area contributed by atoms with E-state index in [0.29, 0.717) is 13.1 Å². The van der Waals surface area contributed by atoms with Gasteiger partial charge in [-0.25, -0.2) is 8.42 Å². The minimum atomic E-state index is -3.72. The first kappa shape index (κ1) is 24.7. The van der Waals surface area contributed by atoms with Crippen molar-refractivity contribution in [2.24, 2.45) is 0 Å². The molecule has 2 heterocycles. The first-order valence-corrected chi connectivity index (χ1v) is 12.1. The molecule has 1 fully saturated rings. The van der Waals surface area contributed by atoms with Crippen molar-refractivity contribution in [3.05, 3.63) is 47.4 Å². The number of rotatable bonds is 8. The van der Waals surface area contributed by atoms with Gasteiger partial charge in [-0.2, -0.15) is 4.31 Å². The van der Waals surface area contributed by atoms with Crippen LogP contribution in [0, 0.1) is 0 Å². The van der Waals surface area contributed by atoms with Gasteiger partial charge in [0, 0.05) is 13.1 Å². The molecule has 0 aliphatic carbocycles. The highest BCUT2D eigenvalue weighted by molar-refractivity contribution is 7.89. The zero-order chi connectivity index (χ0) is 24.0. The molecule has 1 aromatic heterocycles. The highest BCUT2D eigenvalue weighted by Crippen LogP contribution is 2.28. The molecule has 0 radical (unpaired) electrons. The average molecular weight is 498 g/mol. The summed E-state index contributed by atoms with van der Waals surface area (Å²) in [6.45, 7) is 1.75. The summed E-state index contributed by atoms with van der Waals surface area (Å²) in [4.78, 5) is 36.2. The highest BCUT2D eigenvalue weighted by Gasteiger charge is 2.27. The van der Waals surface area contributed by atoms with Crippen molar-refractivity contribution >= 4 is 45.1 Å². The highest BCUT2D eigenvalue weighted by atomic mass is 35.5. The van der Waals surface area contributed by atoms with E-state index in [1.165, 1.54) is 47.8 Å². The Morgan fingerprint density at radius 2 is 1.91 bits per heavy atom. The van der Waals surface area contributed by atoms with Crippen LogP contribution >= 0.6 is 11.6 Å². The van der Waals surface area contributed by atoms with Crippen molar-refractivity contribution in [3.63, 3.8) is 0 Å². The monoisotopic (exact) mass is 497 g/mol. The summed E-state index contributed by atoms with van der Waals surface area (Å²) in [6, 6.07) is 7.00. The number of anilines is 1. The number of ether oxygens (including phenoxy) is 1. The Morgan fingerprint density at radius 1 is 1.18 bits per heavy atom. The number of piperidine rings is 1. The van der Waals surface area contributed by atoms with Gasteiger partial charge in [-0.15, -0.1) is 0 Å². The van der Waals surface area contributed by atoms with Crippen molar-refractivity contribution in [1.29, 1.82) is 0 Å². The van der Waals surface area contributed by atoms with E-state index >= 15 is 0 Å². The number of carbonyl (C=O) groups excluding carboxylic acids is 3. The molecule has 0 bridgehead atoms. The largest absolute Gasteiger partial charge is 0.459 e. The summed E-state index contributed by atoms with van der Waals surface area (Å²) in [5, 5.41) is 4.93. The molecule has 1 unspecified atom stereocenters. The van der Waals surface area contributed by atoms with Crippen LogP contribution in [0.4, 0.5) is 5.69 Å². The SMILES string of the molecule is CC(OC(=O)CNC(=O)c1ccco1)C(=O)Nc1cc(S(=O)(=O)N2CCCCC2)ccc1Cl. The Kier molecular flexibility index (Phi) is 8.11. The van der Waals surface area contributed by atoms with Gasteiger partial charge < -0.3 is 19.8 Å². The lowest BCUT2D eigenvalue weighted by Crippen LogP contribution is -2.36. The van der Waals surface area contributed by atoms with Crippen LogP contribution in [0.15, 0.2) is 45.9 Å². The maximum Gasteiger partial charge on any atom is 0.326 e. The van der Waals surface area contributed by atoms with Gasteiger partial charge in [0.1, 0.15) is 6.54 Å². The molecule has 12 heteroatoms. The second kappa shape index (κ2) is 10.8. The standard InChI is InChI=1S/C21H24ClN3O7S/c1-14(32-19(26)13-23-21(28)18-6-5-11-31-18)20(27)24-17-12-15(7-8-16(17)22)33(29,30)25-9-3-2-4-10-25/h5-8,11-12,14H,2-4,9-10,13H2,1H3,(H,23,28)(H,24,27). The van der Waals surface area contributed by atoms with Crippen molar-refractivity contribution in [1.82, 2.24) is 9.62 Å². The Labute approximate surface area is 196 Å². The zero-order valence-corrected chi connectivity index (χ0v) is 19.4. The molecule has 2 aromatic rings. The quantitative estimate of drug-likeness (QED) is 0.534. The molecule has 0 saturated carbocycles. The van der Waals surface area contributed by atoms with Crippen LogP contribution in [0.5, 0.6) is 0 Å². The summed E-state index contributed by atoms with van der Waals surface area (Å²) >= 11 is 6.13. The van der Waals surface area contributed by atoms with E-state index in [1.54, 1.807) is 0 Å². The van der Waals surface area contributed by atoms with E-state index in [2.05, 4.69) is 10.6 Å². The van der Waals surface area contributed by atoms with E-state index in [-0.39, 0.29) is 21.4 Å². The van der Waals surface area contributed by atoms with Crippen LogP contribution in [-0.2, 0) is 24.3 Å². The Hall–Kier alpha value is -2.89. The molecule has 33 heavy (non-hydrogen) atoms. The van der Waals surface area contributed by atoms with E-state index in [1.807, 2.05) is 0 Å². The number of carbonyl (C=O) groups is 3. The fourth-order valence-electron chi connectivity index (χ4n) is 3.19. The third kappa shape index (κ3) is 6.34. The first-order valence-electron chi connectivity index (χ1n) is 10.3. The molecular formula is C21H24ClN3O7S. The van der Waals surface area contributed by atoms with E-state index in [9.17, 15) is 22.8 Å². The number of hydrogen-bond acceptors (Lipinski definition) is 7. The molecule has 1 aromatic carbocycles. The Balaban J connectivity index is 1.59. The van der Waals surface area contributed by atoms with Gasteiger partial charge in [0.25, 0.3) is 11.8 Å². The maximum atomic E-state index is 12.9. The molecule has 10 nitrogen and oxygen atoms in total. The molecule has 1 aliphatic heterocycles. The molecule has 2 amide bonds. The summed E-state index contributed by atoms with van der Waals surface area (Å²) in [6.07, 6.45) is 2.66. The third-order valence-electron chi connectivity index (χ3n) is 4.96. The van der Waals surface area contributed by atoms with Gasteiger partial charge in [0.15, 0.2) is 11.9 Å². The molecule has 2 N–H and O–H groups in total. The summed E-state index contributed by atoms with van der Waals surface area (Å²) in [5.41, 5.74) is 0.0776. The summed E-state index contributed by atoms with van der Waals surface area (Å²) < 4.78 is 37.1. The molecule has 178 valence electrons. The van der Waals surface area contributed by atoms with Gasteiger partial charge >= 0.3 is 5.97 Å². The number of nitrogens with one attached hydrogen (secondary N) is 2. The topological polar surface area (TPSA) is 135 Å². The van der Waals surface area contributed by atoms with Gasteiger partial charge in [0.2, 0.25) is 10.0 Å². The minimum Gasteiger partial charge on any atom is -0.459 e. The smallest absolute Gasteiger partial charge is 0.326 e. The number of halogens is 1. The van der Waals surface area contributed by atoms with E-state index in [4.69, 9.17) is 20.8 Å². The van der Waals surface area contributed by atoms with Crippen molar-refractivity contribution in [2.75, 3.05) is 25.0 Å². The number of amides is 2.